The average molecular weight is 327 g/mol. The number of nitrogens with zero attached hydrogens (tertiary/aromatic N) is 1. The molecule has 0 unspecified atom stereocenters. The van der Waals surface area contributed by atoms with Gasteiger partial charge in [-0.2, -0.15) is 0 Å². The molecule has 0 fully saturated rings. The lowest BCUT2D eigenvalue weighted by Gasteiger charge is -2.27. The predicted octanol–water partition coefficient (Wildman–Crippen LogP) is 6.20. The lowest BCUT2D eigenvalue weighted by molar-refractivity contribution is -0.385. The molecule has 2 aromatic carbocycles. The molecule has 0 saturated heterocycles. The molecule has 0 bridgehead atoms. The minimum atomic E-state index is -0.410. The van der Waals surface area contributed by atoms with Gasteiger partial charge in [-0.3, -0.25) is 10.1 Å². The van der Waals surface area contributed by atoms with E-state index in [1.54, 1.807) is 18.2 Å². The van der Waals surface area contributed by atoms with Crippen molar-refractivity contribution >= 4 is 5.69 Å². The molecule has 4 nitrogen and oxygen atoms in total. The Morgan fingerprint density at radius 2 is 1.79 bits per heavy atom. The molecule has 0 aliphatic rings. The summed E-state index contributed by atoms with van der Waals surface area (Å²) < 4.78 is 6.04. The Kier molecular flexibility index (Phi) is 5.27. The van der Waals surface area contributed by atoms with Crippen LogP contribution in [-0.2, 0) is 5.41 Å². The van der Waals surface area contributed by atoms with Crippen LogP contribution in [0.15, 0.2) is 42.5 Å². The molecule has 0 amide bonds. The van der Waals surface area contributed by atoms with Gasteiger partial charge in [-0.05, 0) is 35.4 Å². The van der Waals surface area contributed by atoms with Crippen LogP contribution in [0.5, 0.6) is 11.5 Å². The van der Waals surface area contributed by atoms with Crippen molar-refractivity contribution in [3.63, 3.8) is 0 Å². The first-order valence-corrected chi connectivity index (χ1v) is 8.32. The molecule has 2 rings (SSSR count). The zero-order valence-electron chi connectivity index (χ0n) is 15.0. The normalized spacial score (nSPS) is 11.6. The first-order valence-electron chi connectivity index (χ1n) is 8.32. The monoisotopic (exact) mass is 327 g/mol. The van der Waals surface area contributed by atoms with Crippen molar-refractivity contribution in [3.8, 4) is 11.5 Å². The Hall–Kier alpha value is -2.36. The van der Waals surface area contributed by atoms with Crippen LogP contribution in [0, 0.1) is 10.1 Å². The largest absolute Gasteiger partial charge is 0.450 e. The SMILES string of the molecule is CCC(C)(C)c1ccc(C(C)C)cc1Oc1ccccc1[N+](=O)[O-]. The van der Waals surface area contributed by atoms with E-state index >= 15 is 0 Å². The van der Waals surface area contributed by atoms with Crippen LogP contribution < -0.4 is 4.74 Å². The first kappa shape index (κ1) is 18.0. The van der Waals surface area contributed by atoms with E-state index in [1.807, 2.05) is 6.07 Å². The Bertz CT molecular complexity index is 735. The van der Waals surface area contributed by atoms with Gasteiger partial charge in [0.2, 0.25) is 5.75 Å². The van der Waals surface area contributed by atoms with E-state index in [9.17, 15) is 10.1 Å². The second-order valence-corrected chi connectivity index (χ2v) is 6.97. The Morgan fingerprint density at radius 1 is 1.12 bits per heavy atom. The minimum absolute atomic E-state index is 0.0206. The van der Waals surface area contributed by atoms with Crippen LogP contribution >= 0.6 is 0 Å². The van der Waals surface area contributed by atoms with Gasteiger partial charge in [0.25, 0.3) is 0 Å². The fourth-order valence-electron chi connectivity index (χ4n) is 2.54. The minimum Gasteiger partial charge on any atom is -0.450 e. The molecule has 0 heterocycles. The Morgan fingerprint density at radius 3 is 2.38 bits per heavy atom. The lowest BCUT2D eigenvalue weighted by Crippen LogP contribution is -2.17. The zero-order chi connectivity index (χ0) is 17.9. The van der Waals surface area contributed by atoms with Crippen LogP contribution in [0.25, 0.3) is 0 Å². The van der Waals surface area contributed by atoms with Crippen molar-refractivity contribution in [3.05, 3.63) is 63.7 Å². The van der Waals surface area contributed by atoms with Crippen molar-refractivity contribution in [2.45, 2.75) is 52.4 Å². The van der Waals surface area contributed by atoms with Gasteiger partial charge >= 0.3 is 5.69 Å². The van der Waals surface area contributed by atoms with Crippen molar-refractivity contribution in [1.82, 2.24) is 0 Å². The molecule has 0 radical (unpaired) electrons. The third-order valence-electron chi connectivity index (χ3n) is 4.57. The van der Waals surface area contributed by atoms with E-state index in [4.69, 9.17) is 4.74 Å². The number of para-hydroxylation sites is 2. The van der Waals surface area contributed by atoms with Crippen molar-refractivity contribution < 1.29 is 9.66 Å². The summed E-state index contributed by atoms with van der Waals surface area (Å²) in [5, 5.41) is 11.3. The average Bonchev–Trinajstić information content (AvgIpc) is 2.54. The first-order chi connectivity index (χ1) is 11.3. The van der Waals surface area contributed by atoms with Gasteiger partial charge < -0.3 is 4.74 Å². The fourth-order valence-corrected chi connectivity index (χ4v) is 2.54. The topological polar surface area (TPSA) is 52.4 Å². The predicted molar refractivity (Wildman–Crippen MR) is 97.0 cm³/mol. The van der Waals surface area contributed by atoms with Crippen molar-refractivity contribution in [2.75, 3.05) is 0 Å². The molecule has 0 spiro atoms. The Labute approximate surface area is 143 Å². The van der Waals surface area contributed by atoms with Gasteiger partial charge in [-0.25, -0.2) is 0 Å². The van der Waals surface area contributed by atoms with Gasteiger partial charge in [-0.15, -0.1) is 0 Å². The maximum atomic E-state index is 11.3. The second-order valence-electron chi connectivity index (χ2n) is 6.97. The Balaban J connectivity index is 2.55. The highest BCUT2D eigenvalue weighted by Gasteiger charge is 2.25. The van der Waals surface area contributed by atoms with Crippen LogP contribution in [0.3, 0.4) is 0 Å². The maximum absolute atomic E-state index is 11.3. The number of ether oxygens (including phenoxy) is 1. The zero-order valence-corrected chi connectivity index (χ0v) is 15.0. The van der Waals surface area contributed by atoms with E-state index in [1.165, 1.54) is 6.07 Å². The number of nitro benzene ring substituents is 1. The number of nitro groups is 1. The van der Waals surface area contributed by atoms with E-state index in [0.717, 1.165) is 17.5 Å². The van der Waals surface area contributed by atoms with Crippen molar-refractivity contribution in [1.29, 1.82) is 0 Å². The molecular formula is C20H25NO3. The van der Waals surface area contributed by atoms with Gasteiger partial charge in [0.15, 0.2) is 0 Å². The molecular weight excluding hydrogens is 302 g/mol. The molecule has 2 aromatic rings. The van der Waals surface area contributed by atoms with Gasteiger partial charge in [0, 0.05) is 11.6 Å². The summed E-state index contributed by atoms with van der Waals surface area (Å²) in [6, 6.07) is 12.7. The molecule has 0 aromatic heterocycles. The summed E-state index contributed by atoms with van der Waals surface area (Å²) >= 11 is 0. The smallest absolute Gasteiger partial charge is 0.311 e. The van der Waals surface area contributed by atoms with Crippen LogP contribution in [0.2, 0.25) is 0 Å². The molecule has 0 aliphatic heterocycles. The van der Waals surface area contributed by atoms with Crippen LogP contribution in [0.4, 0.5) is 5.69 Å². The summed E-state index contributed by atoms with van der Waals surface area (Å²) in [6.45, 7) is 10.7. The fraction of sp³-hybridized carbons (Fsp3) is 0.400. The van der Waals surface area contributed by atoms with Gasteiger partial charge in [0.05, 0.1) is 4.92 Å². The third kappa shape index (κ3) is 3.75. The highest BCUT2D eigenvalue weighted by atomic mass is 16.6. The number of hydrogen-bond acceptors (Lipinski definition) is 3. The molecule has 0 N–H and O–H groups in total. The van der Waals surface area contributed by atoms with Gasteiger partial charge in [0.1, 0.15) is 5.75 Å². The highest BCUT2D eigenvalue weighted by molar-refractivity contribution is 5.51. The molecule has 0 saturated carbocycles. The van der Waals surface area contributed by atoms with Crippen LogP contribution in [0.1, 0.15) is 58.1 Å². The summed E-state index contributed by atoms with van der Waals surface area (Å²) in [6.07, 6.45) is 0.946. The number of rotatable bonds is 6. The summed E-state index contributed by atoms with van der Waals surface area (Å²) in [4.78, 5) is 10.8. The number of hydrogen-bond donors (Lipinski definition) is 0. The van der Waals surface area contributed by atoms with E-state index in [0.29, 0.717) is 11.7 Å². The van der Waals surface area contributed by atoms with Crippen molar-refractivity contribution in [2.24, 2.45) is 0 Å². The van der Waals surface area contributed by atoms with E-state index < -0.39 is 4.92 Å². The lowest BCUT2D eigenvalue weighted by atomic mass is 9.81. The summed E-state index contributed by atoms with van der Waals surface area (Å²) in [7, 11) is 0. The molecule has 4 heteroatoms. The third-order valence-corrected chi connectivity index (χ3v) is 4.57. The quantitative estimate of drug-likeness (QED) is 0.469. The molecule has 0 atom stereocenters. The maximum Gasteiger partial charge on any atom is 0.311 e. The summed E-state index contributed by atoms with van der Waals surface area (Å²) in [5.41, 5.74) is 2.12. The second kappa shape index (κ2) is 7.04. The molecule has 0 aliphatic carbocycles. The molecule has 128 valence electrons. The summed E-state index contributed by atoms with van der Waals surface area (Å²) in [5.74, 6) is 1.33. The van der Waals surface area contributed by atoms with Crippen LogP contribution in [-0.4, -0.2) is 4.92 Å². The number of benzene rings is 2. The van der Waals surface area contributed by atoms with Gasteiger partial charge in [-0.1, -0.05) is 58.9 Å². The van der Waals surface area contributed by atoms with E-state index in [-0.39, 0.29) is 16.9 Å². The van der Waals surface area contributed by atoms with E-state index in [2.05, 4.69) is 46.8 Å². The standard InChI is InChI=1S/C20H25NO3/c1-6-20(4,5)16-12-11-15(14(2)3)13-19(16)24-18-10-8-7-9-17(18)21(22)23/h7-14H,6H2,1-5H3. The molecule has 24 heavy (non-hydrogen) atoms. The highest BCUT2D eigenvalue weighted by Crippen LogP contribution is 2.40.